The van der Waals surface area contributed by atoms with Gasteiger partial charge in [0.2, 0.25) is 0 Å². The number of aliphatic hydroxyl groups excluding tert-OH is 1. The Labute approximate surface area is 49.6 Å². The van der Waals surface area contributed by atoms with Crippen LogP contribution < -0.4 is 5.48 Å². The highest BCUT2D eigenvalue weighted by atomic mass is 16.6. The molecule has 0 aromatic heterocycles. The van der Waals surface area contributed by atoms with Crippen LogP contribution >= 0.6 is 0 Å². The van der Waals surface area contributed by atoms with Crippen LogP contribution in [0.25, 0.3) is 0 Å². The summed E-state index contributed by atoms with van der Waals surface area (Å²) in [6.45, 7) is 1.09. The van der Waals surface area contributed by atoms with Gasteiger partial charge in [-0.05, 0) is 12.8 Å². The summed E-state index contributed by atoms with van der Waals surface area (Å²) in [5.74, 6) is 0. The lowest BCUT2D eigenvalue weighted by Gasteiger charge is -1.97. The van der Waals surface area contributed by atoms with E-state index in [1.54, 1.807) is 7.11 Å². The Kier molecular flexibility index (Phi) is 6.78. The molecule has 2 N–H and O–H groups in total. The lowest BCUT2D eigenvalue weighted by atomic mass is 10.3. The number of unbranched alkanes of at least 4 members (excludes halogenated alkanes) is 1. The number of hydroxylamine groups is 1. The predicted octanol–water partition coefficient (Wildman–Crippen LogP) is -0.0901. The van der Waals surface area contributed by atoms with Crippen LogP contribution in [0.15, 0.2) is 0 Å². The second kappa shape index (κ2) is 6.88. The quantitative estimate of drug-likeness (QED) is 0.392. The summed E-state index contributed by atoms with van der Waals surface area (Å²) in [6, 6.07) is 0. The minimum atomic E-state index is 0.269. The van der Waals surface area contributed by atoms with Crippen molar-refractivity contribution in [2.24, 2.45) is 0 Å². The smallest absolute Gasteiger partial charge is 0.0572 e. The molecular weight excluding hydrogens is 106 g/mol. The maximum atomic E-state index is 8.30. The molecule has 0 aliphatic heterocycles. The molecule has 8 heavy (non-hydrogen) atoms. The highest BCUT2D eigenvalue weighted by molar-refractivity contribution is 4.36. The largest absolute Gasteiger partial charge is 0.396 e. The third-order valence-electron chi connectivity index (χ3n) is 0.831. The van der Waals surface area contributed by atoms with Crippen molar-refractivity contribution >= 4 is 0 Å². The van der Waals surface area contributed by atoms with Gasteiger partial charge in [0, 0.05) is 13.2 Å². The van der Waals surface area contributed by atoms with Gasteiger partial charge in [0.05, 0.1) is 7.11 Å². The molecule has 0 aromatic carbocycles. The second-order valence-electron chi connectivity index (χ2n) is 1.53. The zero-order chi connectivity index (χ0) is 6.24. The van der Waals surface area contributed by atoms with Gasteiger partial charge < -0.3 is 9.94 Å². The minimum absolute atomic E-state index is 0.269. The maximum Gasteiger partial charge on any atom is 0.0572 e. The Hall–Kier alpha value is -0.120. The maximum absolute atomic E-state index is 8.30. The highest BCUT2D eigenvalue weighted by Gasteiger charge is 1.82. The molecule has 0 fully saturated rings. The monoisotopic (exact) mass is 119 g/mol. The Morgan fingerprint density at radius 3 is 2.75 bits per heavy atom. The van der Waals surface area contributed by atoms with Crippen molar-refractivity contribution in [1.82, 2.24) is 5.48 Å². The molecule has 0 aliphatic rings. The zero-order valence-electron chi connectivity index (χ0n) is 5.18. The van der Waals surface area contributed by atoms with Crippen molar-refractivity contribution in [2.75, 3.05) is 20.3 Å². The van der Waals surface area contributed by atoms with Gasteiger partial charge in [0.1, 0.15) is 0 Å². The summed E-state index contributed by atoms with van der Waals surface area (Å²) < 4.78 is 0. The van der Waals surface area contributed by atoms with E-state index in [-0.39, 0.29) is 6.61 Å². The van der Waals surface area contributed by atoms with Crippen LogP contribution in [-0.2, 0) is 4.84 Å². The highest BCUT2D eigenvalue weighted by Crippen LogP contribution is 1.82. The molecule has 0 saturated carbocycles. The van der Waals surface area contributed by atoms with E-state index in [0.717, 1.165) is 19.4 Å². The van der Waals surface area contributed by atoms with Crippen molar-refractivity contribution in [2.45, 2.75) is 12.8 Å². The molecule has 3 nitrogen and oxygen atoms in total. The molecule has 3 heteroatoms. The van der Waals surface area contributed by atoms with E-state index in [2.05, 4.69) is 10.3 Å². The first-order chi connectivity index (χ1) is 3.91. The Bertz CT molecular complexity index is 35.4. The second-order valence-corrected chi connectivity index (χ2v) is 1.53. The van der Waals surface area contributed by atoms with E-state index in [1.807, 2.05) is 0 Å². The van der Waals surface area contributed by atoms with Gasteiger partial charge >= 0.3 is 0 Å². The lowest BCUT2D eigenvalue weighted by molar-refractivity contribution is 0.0893. The number of hydrogen-bond acceptors (Lipinski definition) is 3. The number of nitrogens with one attached hydrogen (secondary N) is 1. The molecule has 0 radical (unpaired) electrons. The Morgan fingerprint density at radius 1 is 1.50 bits per heavy atom. The molecule has 0 amide bonds. The fraction of sp³-hybridized carbons (Fsp3) is 1.00. The van der Waals surface area contributed by atoms with E-state index >= 15 is 0 Å². The van der Waals surface area contributed by atoms with Crippen molar-refractivity contribution < 1.29 is 9.94 Å². The fourth-order valence-electron chi connectivity index (χ4n) is 0.411. The molecule has 0 unspecified atom stereocenters. The van der Waals surface area contributed by atoms with E-state index in [9.17, 15) is 0 Å². The summed E-state index contributed by atoms with van der Waals surface area (Å²) in [7, 11) is 1.58. The number of hydrogen-bond donors (Lipinski definition) is 2. The summed E-state index contributed by atoms with van der Waals surface area (Å²) in [5.41, 5.74) is 2.67. The van der Waals surface area contributed by atoms with Crippen LogP contribution in [0.4, 0.5) is 0 Å². The topological polar surface area (TPSA) is 41.5 Å². The van der Waals surface area contributed by atoms with Crippen LogP contribution in [0.5, 0.6) is 0 Å². The fourth-order valence-corrected chi connectivity index (χ4v) is 0.411. The summed E-state index contributed by atoms with van der Waals surface area (Å²) in [5, 5.41) is 8.30. The molecule has 0 rings (SSSR count). The SMILES string of the molecule is CONCCCCO. The molecule has 0 aliphatic carbocycles. The van der Waals surface area contributed by atoms with E-state index in [1.165, 1.54) is 0 Å². The third kappa shape index (κ3) is 5.88. The van der Waals surface area contributed by atoms with Crippen LogP contribution in [0.1, 0.15) is 12.8 Å². The molecule has 0 aromatic rings. The molecule has 0 saturated heterocycles. The molecule has 0 bridgehead atoms. The average Bonchev–Trinajstić information content (AvgIpc) is 1.81. The van der Waals surface area contributed by atoms with Crippen molar-refractivity contribution in [3.05, 3.63) is 0 Å². The molecule has 50 valence electrons. The van der Waals surface area contributed by atoms with Crippen LogP contribution in [0.2, 0.25) is 0 Å². The third-order valence-corrected chi connectivity index (χ3v) is 0.831. The standard InChI is InChI=1S/C5H13NO2/c1-8-6-4-2-3-5-7/h6-7H,2-5H2,1H3. The Balaban J connectivity index is 2.53. The van der Waals surface area contributed by atoms with Crippen molar-refractivity contribution in [1.29, 1.82) is 0 Å². The molecule has 0 atom stereocenters. The predicted molar refractivity (Wildman–Crippen MR) is 31.3 cm³/mol. The summed E-state index contributed by atoms with van der Waals surface area (Å²) >= 11 is 0. The molecule has 0 heterocycles. The molecular formula is C5H13NO2. The van der Waals surface area contributed by atoms with Crippen LogP contribution in [-0.4, -0.2) is 25.4 Å². The van der Waals surface area contributed by atoms with Crippen molar-refractivity contribution in [3.8, 4) is 0 Å². The number of aliphatic hydroxyl groups is 1. The lowest BCUT2D eigenvalue weighted by Crippen LogP contribution is -2.13. The molecule has 0 spiro atoms. The first kappa shape index (κ1) is 7.88. The summed E-state index contributed by atoms with van der Waals surface area (Å²) in [4.78, 5) is 4.56. The van der Waals surface area contributed by atoms with E-state index in [0.29, 0.717) is 0 Å². The zero-order valence-corrected chi connectivity index (χ0v) is 5.18. The van der Waals surface area contributed by atoms with Crippen LogP contribution in [0.3, 0.4) is 0 Å². The first-order valence-corrected chi connectivity index (χ1v) is 2.78. The Morgan fingerprint density at radius 2 is 2.25 bits per heavy atom. The first-order valence-electron chi connectivity index (χ1n) is 2.78. The number of rotatable bonds is 5. The minimum Gasteiger partial charge on any atom is -0.396 e. The van der Waals surface area contributed by atoms with Gasteiger partial charge in [0.15, 0.2) is 0 Å². The van der Waals surface area contributed by atoms with Gasteiger partial charge in [-0.15, -0.1) is 0 Å². The van der Waals surface area contributed by atoms with E-state index in [4.69, 9.17) is 5.11 Å². The summed E-state index contributed by atoms with van der Waals surface area (Å²) in [6.07, 6.45) is 1.81. The average molecular weight is 119 g/mol. The van der Waals surface area contributed by atoms with E-state index < -0.39 is 0 Å². The van der Waals surface area contributed by atoms with Gasteiger partial charge in [-0.2, -0.15) is 0 Å². The van der Waals surface area contributed by atoms with Crippen LogP contribution in [0, 0.1) is 0 Å². The van der Waals surface area contributed by atoms with Gasteiger partial charge in [-0.1, -0.05) is 0 Å². The van der Waals surface area contributed by atoms with Gasteiger partial charge in [-0.25, -0.2) is 5.48 Å². The van der Waals surface area contributed by atoms with Gasteiger partial charge in [-0.3, -0.25) is 0 Å². The normalized spacial score (nSPS) is 9.75. The van der Waals surface area contributed by atoms with Crippen molar-refractivity contribution in [3.63, 3.8) is 0 Å². The van der Waals surface area contributed by atoms with Gasteiger partial charge in [0.25, 0.3) is 0 Å².